The van der Waals surface area contributed by atoms with Crippen LogP contribution in [0.25, 0.3) is 10.9 Å². The van der Waals surface area contributed by atoms with Gasteiger partial charge < -0.3 is 14.7 Å². The molecule has 4 aromatic rings. The van der Waals surface area contributed by atoms with E-state index in [1.807, 2.05) is 19.9 Å². The van der Waals surface area contributed by atoms with Crippen LogP contribution in [-0.4, -0.2) is 33.4 Å². The van der Waals surface area contributed by atoms with Crippen molar-refractivity contribution in [3.8, 4) is 0 Å². The molecule has 0 aliphatic carbocycles. The van der Waals surface area contributed by atoms with E-state index in [0.717, 1.165) is 31.4 Å². The number of carbonyl (C=O) groups is 1. The largest absolute Gasteiger partial charge is 0.447 e. The fourth-order valence-corrected chi connectivity index (χ4v) is 4.28. The number of hydrogen-bond donors (Lipinski definition) is 2. The highest BCUT2D eigenvalue weighted by Gasteiger charge is 2.18. The molecule has 190 valence electrons. The third-order valence-corrected chi connectivity index (χ3v) is 6.73. The van der Waals surface area contributed by atoms with Crippen molar-refractivity contribution in [3.05, 3.63) is 89.3 Å². The zero-order chi connectivity index (χ0) is 25.7. The fraction of sp³-hybridized carbons (Fsp3) is 0.400. The second-order valence-corrected chi connectivity index (χ2v) is 10.7. The Morgan fingerprint density at radius 3 is 2.58 bits per heavy atom. The van der Waals surface area contributed by atoms with Gasteiger partial charge in [0.15, 0.2) is 5.69 Å². The summed E-state index contributed by atoms with van der Waals surface area (Å²) in [5, 5.41) is 4.21. The summed E-state index contributed by atoms with van der Waals surface area (Å²) < 4.78 is 5.72. The Bertz CT molecular complexity index is 1280. The van der Waals surface area contributed by atoms with Crippen LogP contribution in [0.4, 0.5) is 0 Å². The molecule has 0 radical (unpaired) electrons. The predicted octanol–water partition coefficient (Wildman–Crippen LogP) is 6.23. The maximum Gasteiger partial charge on any atom is 0.273 e. The normalized spacial score (nSPS) is 12.8. The van der Waals surface area contributed by atoms with Crippen LogP contribution in [-0.2, 0) is 24.9 Å². The third-order valence-electron chi connectivity index (χ3n) is 6.73. The van der Waals surface area contributed by atoms with E-state index >= 15 is 0 Å². The van der Waals surface area contributed by atoms with Crippen molar-refractivity contribution in [3.63, 3.8) is 0 Å². The lowest BCUT2D eigenvalue weighted by Gasteiger charge is -2.22. The molecule has 2 aromatic heterocycles. The number of H-pyrrole nitrogens is 1. The Morgan fingerprint density at radius 2 is 1.86 bits per heavy atom. The van der Waals surface area contributed by atoms with Crippen molar-refractivity contribution in [2.24, 2.45) is 0 Å². The monoisotopic (exact) mass is 486 g/mol. The quantitative estimate of drug-likeness (QED) is 0.279. The van der Waals surface area contributed by atoms with Gasteiger partial charge in [0.1, 0.15) is 6.26 Å². The molecule has 0 bridgehead atoms. The number of fused-ring (bicyclic) bond motifs is 1. The van der Waals surface area contributed by atoms with Gasteiger partial charge in [0.05, 0.1) is 6.54 Å². The number of aromatic nitrogens is 2. The first-order valence-electron chi connectivity index (χ1n) is 12.8. The van der Waals surface area contributed by atoms with Crippen LogP contribution in [0.1, 0.15) is 74.1 Å². The molecule has 2 heterocycles. The van der Waals surface area contributed by atoms with E-state index < -0.39 is 0 Å². The van der Waals surface area contributed by atoms with Crippen molar-refractivity contribution in [1.29, 1.82) is 0 Å². The molecule has 1 unspecified atom stereocenters. The zero-order valence-corrected chi connectivity index (χ0v) is 22.1. The van der Waals surface area contributed by atoms with Crippen LogP contribution >= 0.6 is 0 Å². The summed E-state index contributed by atoms with van der Waals surface area (Å²) in [4.78, 5) is 22.7. The van der Waals surface area contributed by atoms with E-state index in [-0.39, 0.29) is 17.4 Å². The summed E-state index contributed by atoms with van der Waals surface area (Å²) in [7, 11) is 0. The molecule has 0 aliphatic heterocycles. The second kappa shape index (κ2) is 11.1. The van der Waals surface area contributed by atoms with Crippen LogP contribution < -0.4 is 5.32 Å². The maximum absolute atomic E-state index is 12.5. The fourth-order valence-electron chi connectivity index (χ4n) is 4.28. The highest BCUT2D eigenvalue weighted by atomic mass is 16.3. The Labute approximate surface area is 214 Å². The molecule has 2 aromatic carbocycles. The van der Waals surface area contributed by atoms with Crippen molar-refractivity contribution in [2.75, 3.05) is 6.54 Å². The number of amides is 1. The van der Waals surface area contributed by atoms with Gasteiger partial charge in [-0.3, -0.25) is 9.69 Å². The van der Waals surface area contributed by atoms with Gasteiger partial charge >= 0.3 is 0 Å². The minimum absolute atomic E-state index is 0.0985. The summed E-state index contributed by atoms with van der Waals surface area (Å²) >= 11 is 0. The first-order chi connectivity index (χ1) is 17.2. The molecule has 1 atom stereocenters. The van der Waals surface area contributed by atoms with Crippen LogP contribution in [0.2, 0.25) is 0 Å². The van der Waals surface area contributed by atoms with Gasteiger partial charge in [-0.05, 0) is 47.9 Å². The van der Waals surface area contributed by atoms with Crippen molar-refractivity contribution < 1.29 is 9.21 Å². The standard InChI is InChI=1S/C30H38N4O2/c1-6-21(2)32-29(35)27-20-36-28(33-27)19-34(18-22-11-13-24(14-12-22)30(3,4)5)16-15-23-17-31-26-10-8-7-9-25(23)26/h7-14,17,20-21,31H,6,15-16,18-19H2,1-5H3,(H,32,35). The first kappa shape index (κ1) is 25.7. The van der Waals surface area contributed by atoms with E-state index in [1.54, 1.807) is 0 Å². The SMILES string of the molecule is CCC(C)NC(=O)c1coc(CN(CCc2c[nH]c3ccccc23)Cc2ccc(C(C)(C)C)cc2)n1. The number of para-hydroxylation sites is 1. The summed E-state index contributed by atoms with van der Waals surface area (Å²) in [5.74, 6) is 0.358. The van der Waals surface area contributed by atoms with Crippen LogP contribution in [0.3, 0.4) is 0 Å². The molecular formula is C30H38N4O2. The van der Waals surface area contributed by atoms with E-state index in [9.17, 15) is 4.79 Å². The Balaban J connectivity index is 1.50. The molecule has 4 rings (SSSR count). The Kier molecular flexibility index (Phi) is 7.94. The molecule has 0 aliphatic rings. The number of nitrogens with zero attached hydrogens (tertiary/aromatic N) is 2. The Hall–Kier alpha value is -3.38. The molecule has 0 saturated carbocycles. The highest BCUT2D eigenvalue weighted by Crippen LogP contribution is 2.23. The van der Waals surface area contributed by atoms with Gasteiger partial charge in [0, 0.05) is 36.2 Å². The van der Waals surface area contributed by atoms with E-state index in [2.05, 4.69) is 89.6 Å². The number of aromatic amines is 1. The Morgan fingerprint density at radius 1 is 1.11 bits per heavy atom. The van der Waals surface area contributed by atoms with Gasteiger partial charge in [-0.2, -0.15) is 0 Å². The topological polar surface area (TPSA) is 74.2 Å². The van der Waals surface area contributed by atoms with Gasteiger partial charge in [-0.15, -0.1) is 0 Å². The van der Waals surface area contributed by atoms with E-state index in [4.69, 9.17) is 4.42 Å². The summed E-state index contributed by atoms with van der Waals surface area (Å²) in [5.41, 5.74) is 5.46. The van der Waals surface area contributed by atoms with Gasteiger partial charge in [-0.1, -0.05) is 70.2 Å². The third kappa shape index (κ3) is 6.43. The van der Waals surface area contributed by atoms with Gasteiger partial charge in [0.25, 0.3) is 5.91 Å². The number of hydrogen-bond acceptors (Lipinski definition) is 4. The van der Waals surface area contributed by atoms with Crippen molar-refractivity contribution in [1.82, 2.24) is 20.2 Å². The minimum Gasteiger partial charge on any atom is -0.447 e. The maximum atomic E-state index is 12.5. The molecule has 6 heteroatoms. The summed E-state index contributed by atoms with van der Waals surface area (Å²) in [6, 6.07) is 17.3. The summed E-state index contributed by atoms with van der Waals surface area (Å²) in [6.45, 7) is 12.8. The number of rotatable bonds is 10. The second-order valence-electron chi connectivity index (χ2n) is 10.7. The average Bonchev–Trinajstić information content (AvgIpc) is 3.49. The smallest absolute Gasteiger partial charge is 0.273 e. The van der Waals surface area contributed by atoms with Crippen LogP contribution in [0.15, 0.2) is 65.4 Å². The lowest BCUT2D eigenvalue weighted by atomic mass is 9.87. The number of oxazole rings is 1. The number of carbonyl (C=O) groups excluding carboxylic acids is 1. The molecule has 0 fully saturated rings. The van der Waals surface area contributed by atoms with E-state index in [1.165, 1.54) is 28.3 Å². The van der Waals surface area contributed by atoms with Crippen molar-refractivity contribution in [2.45, 2.75) is 72.0 Å². The number of benzene rings is 2. The molecule has 0 saturated heterocycles. The minimum atomic E-state index is -0.192. The van der Waals surface area contributed by atoms with Crippen LogP contribution in [0.5, 0.6) is 0 Å². The molecule has 2 N–H and O–H groups in total. The van der Waals surface area contributed by atoms with E-state index in [0.29, 0.717) is 18.1 Å². The van der Waals surface area contributed by atoms with Crippen LogP contribution in [0, 0.1) is 0 Å². The molecule has 0 spiro atoms. The predicted molar refractivity (Wildman–Crippen MR) is 145 cm³/mol. The molecule has 6 nitrogen and oxygen atoms in total. The lowest BCUT2D eigenvalue weighted by Crippen LogP contribution is -2.32. The number of nitrogens with one attached hydrogen (secondary N) is 2. The average molecular weight is 487 g/mol. The van der Waals surface area contributed by atoms with Gasteiger partial charge in [-0.25, -0.2) is 4.98 Å². The molecule has 36 heavy (non-hydrogen) atoms. The zero-order valence-electron chi connectivity index (χ0n) is 22.1. The summed E-state index contributed by atoms with van der Waals surface area (Å²) in [6.07, 6.45) is 5.32. The highest BCUT2D eigenvalue weighted by molar-refractivity contribution is 5.92. The molecular weight excluding hydrogens is 448 g/mol. The molecule has 1 amide bonds. The van der Waals surface area contributed by atoms with Crippen molar-refractivity contribution >= 4 is 16.8 Å². The first-order valence-corrected chi connectivity index (χ1v) is 12.8. The lowest BCUT2D eigenvalue weighted by molar-refractivity contribution is 0.0934. The van der Waals surface area contributed by atoms with Gasteiger partial charge in [0.2, 0.25) is 5.89 Å².